The highest BCUT2D eigenvalue weighted by atomic mass is 19.1. The Bertz CT molecular complexity index is 397. The van der Waals surface area contributed by atoms with Gasteiger partial charge in [0, 0.05) is 19.2 Å². The summed E-state index contributed by atoms with van der Waals surface area (Å²) in [6, 6.07) is 6.47. The lowest BCUT2D eigenvalue weighted by Crippen LogP contribution is -2.42. The highest BCUT2D eigenvalue weighted by Crippen LogP contribution is 2.23. The maximum Gasteiger partial charge on any atom is 0.123 e. The third-order valence-corrected chi connectivity index (χ3v) is 3.85. The first-order chi connectivity index (χ1) is 9.20. The summed E-state index contributed by atoms with van der Waals surface area (Å²) < 4.78 is 13.1. The lowest BCUT2D eigenvalue weighted by molar-refractivity contribution is 0.0564. The molecule has 0 spiro atoms. The molecule has 1 aromatic carbocycles. The SMILES string of the molecule is OCCC1CCCCN1CC(O)c1cccc(F)c1. The second-order valence-electron chi connectivity index (χ2n) is 5.23. The van der Waals surface area contributed by atoms with Gasteiger partial charge in [-0.2, -0.15) is 0 Å². The summed E-state index contributed by atoms with van der Waals surface area (Å²) in [5.41, 5.74) is 0.619. The molecule has 0 aromatic heterocycles. The Balaban J connectivity index is 1.98. The van der Waals surface area contributed by atoms with Gasteiger partial charge in [0.1, 0.15) is 5.82 Å². The predicted molar refractivity (Wildman–Crippen MR) is 72.3 cm³/mol. The molecule has 1 fully saturated rings. The number of β-amino-alcohol motifs (C(OH)–C–C–N with tert-alkyl or cyclic N) is 1. The van der Waals surface area contributed by atoms with Crippen molar-refractivity contribution in [3.8, 4) is 0 Å². The first-order valence-corrected chi connectivity index (χ1v) is 6.99. The van der Waals surface area contributed by atoms with Crippen molar-refractivity contribution in [1.29, 1.82) is 0 Å². The van der Waals surface area contributed by atoms with Gasteiger partial charge in [-0.05, 0) is 43.5 Å². The first-order valence-electron chi connectivity index (χ1n) is 6.99. The number of piperidine rings is 1. The molecule has 0 amide bonds. The monoisotopic (exact) mass is 267 g/mol. The van der Waals surface area contributed by atoms with Crippen LogP contribution in [0.25, 0.3) is 0 Å². The van der Waals surface area contributed by atoms with Crippen LogP contribution in [-0.2, 0) is 0 Å². The summed E-state index contributed by atoms with van der Waals surface area (Å²) in [5, 5.41) is 19.3. The van der Waals surface area contributed by atoms with E-state index >= 15 is 0 Å². The fraction of sp³-hybridized carbons (Fsp3) is 0.600. The molecule has 19 heavy (non-hydrogen) atoms. The van der Waals surface area contributed by atoms with E-state index in [1.54, 1.807) is 12.1 Å². The topological polar surface area (TPSA) is 43.7 Å². The molecular weight excluding hydrogens is 245 g/mol. The summed E-state index contributed by atoms with van der Waals surface area (Å²) in [7, 11) is 0. The molecule has 1 aliphatic rings. The zero-order chi connectivity index (χ0) is 13.7. The van der Waals surface area contributed by atoms with Crippen LogP contribution in [0.1, 0.15) is 37.4 Å². The normalized spacial score (nSPS) is 22.4. The Hall–Kier alpha value is -0.970. The van der Waals surface area contributed by atoms with Crippen LogP contribution < -0.4 is 0 Å². The van der Waals surface area contributed by atoms with Crippen molar-refractivity contribution in [1.82, 2.24) is 4.90 Å². The Morgan fingerprint density at radius 1 is 1.37 bits per heavy atom. The average molecular weight is 267 g/mol. The van der Waals surface area contributed by atoms with Gasteiger partial charge in [-0.3, -0.25) is 4.90 Å². The Labute approximate surface area is 113 Å². The van der Waals surface area contributed by atoms with Gasteiger partial charge in [-0.1, -0.05) is 18.6 Å². The van der Waals surface area contributed by atoms with E-state index in [9.17, 15) is 9.50 Å². The van der Waals surface area contributed by atoms with E-state index < -0.39 is 6.10 Å². The van der Waals surface area contributed by atoms with Crippen molar-refractivity contribution in [2.45, 2.75) is 37.8 Å². The van der Waals surface area contributed by atoms with E-state index in [4.69, 9.17) is 5.11 Å². The standard InChI is InChI=1S/C15H22FNO2/c16-13-5-3-4-12(10-13)15(19)11-17-8-2-1-6-14(17)7-9-18/h3-5,10,14-15,18-19H,1-2,6-9,11H2. The van der Waals surface area contributed by atoms with Crippen molar-refractivity contribution in [3.05, 3.63) is 35.6 Å². The van der Waals surface area contributed by atoms with Crippen LogP contribution >= 0.6 is 0 Å². The third-order valence-electron chi connectivity index (χ3n) is 3.85. The summed E-state index contributed by atoms with van der Waals surface area (Å²) in [4.78, 5) is 2.22. The van der Waals surface area contributed by atoms with Crippen LogP contribution in [0.5, 0.6) is 0 Å². The fourth-order valence-electron chi connectivity index (χ4n) is 2.82. The predicted octanol–water partition coefficient (Wildman–Crippen LogP) is 2.10. The van der Waals surface area contributed by atoms with Crippen molar-refractivity contribution >= 4 is 0 Å². The maximum atomic E-state index is 13.1. The number of hydrogen-bond donors (Lipinski definition) is 2. The summed E-state index contributed by atoms with van der Waals surface area (Å²) in [6.07, 6.45) is 3.44. The second-order valence-corrected chi connectivity index (χ2v) is 5.23. The second kappa shape index (κ2) is 6.98. The van der Waals surface area contributed by atoms with Gasteiger partial charge in [0.25, 0.3) is 0 Å². The third kappa shape index (κ3) is 4.00. The maximum absolute atomic E-state index is 13.1. The number of benzene rings is 1. The van der Waals surface area contributed by atoms with Crippen LogP contribution in [0, 0.1) is 5.82 Å². The van der Waals surface area contributed by atoms with E-state index in [-0.39, 0.29) is 12.4 Å². The number of halogens is 1. The highest BCUT2D eigenvalue weighted by molar-refractivity contribution is 5.19. The number of hydrogen-bond acceptors (Lipinski definition) is 3. The zero-order valence-corrected chi connectivity index (χ0v) is 11.1. The zero-order valence-electron chi connectivity index (χ0n) is 11.1. The lowest BCUT2D eigenvalue weighted by atomic mass is 9.98. The van der Waals surface area contributed by atoms with E-state index in [0.717, 1.165) is 25.8 Å². The average Bonchev–Trinajstić information content (AvgIpc) is 2.41. The minimum atomic E-state index is -0.671. The Morgan fingerprint density at radius 2 is 2.21 bits per heavy atom. The largest absolute Gasteiger partial charge is 0.396 e. The van der Waals surface area contributed by atoms with Gasteiger partial charge in [-0.25, -0.2) is 4.39 Å². The van der Waals surface area contributed by atoms with Gasteiger partial charge in [-0.15, -0.1) is 0 Å². The van der Waals surface area contributed by atoms with Gasteiger partial charge in [0.2, 0.25) is 0 Å². The molecule has 2 atom stereocenters. The number of nitrogens with zero attached hydrogens (tertiary/aromatic N) is 1. The van der Waals surface area contributed by atoms with Crippen LogP contribution in [0.2, 0.25) is 0 Å². The number of aliphatic hydroxyl groups is 2. The minimum Gasteiger partial charge on any atom is -0.396 e. The smallest absolute Gasteiger partial charge is 0.123 e. The molecule has 106 valence electrons. The molecule has 0 aliphatic carbocycles. The quantitative estimate of drug-likeness (QED) is 0.858. The van der Waals surface area contributed by atoms with E-state index in [1.165, 1.54) is 18.6 Å². The molecule has 2 rings (SSSR count). The van der Waals surface area contributed by atoms with E-state index in [1.807, 2.05) is 0 Å². The van der Waals surface area contributed by atoms with Gasteiger partial charge in [0.15, 0.2) is 0 Å². The molecular formula is C15H22FNO2. The van der Waals surface area contributed by atoms with Crippen LogP contribution in [-0.4, -0.2) is 40.9 Å². The molecule has 1 aromatic rings. The van der Waals surface area contributed by atoms with Crippen molar-refractivity contribution in [3.63, 3.8) is 0 Å². The van der Waals surface area contributed by atoms with E-state index in [2.05, 4.69) is 4.90 Å². The van der Waals surface area contributed by atoms with Crippen LogP contribution in [0.4, 0.5) is 4.39 Å². The molecule has 1 heterocycles. The Kier molecular flexibility index (Phi) is 5.31. The summed E-state index contributed by atoms with van der Waals surface area (Å²) in [5.74, 6) is -0.317. The summed E-state index contributed by atoms with van der Waals surface area (Å²) >= 11 is 0. The van der Waals surface area contributed by atoms with Crippen molar-refractivity contribution < 1.29 is 14.6 Å². The minimum absolute atomic E-state index is 0.178. The molecule has 2 N–H and O–H groups in total. The van der Waals surface area contributed by atoms with Crippen LogP contribution in [0.15, 0.2) is 24.3 Å². The van der Waals surface area contributed by atoms with Gasteiger partial charge >= 0.3 is 0 Å². The Morgan fingerprint density at radius 3 is 2.95 bits per heavy atom. The number of likely N-dealkylation sites (tertiary alicyclic amines) is 1. The first kappa shape index (κ1) is 14.4. The van der Waals surface area contributed by atoms with Gasteiger partial charge in [0.05, 0.1) is 6.10 Å². The van der Waals surface area contributed by atoms with Crippen molar-refractivity contribution in [2.75, 3.05) is 19.7 Å². The molecule has 3 nitrogen and oxygen atoms in total. The van der Waals surface area contributed by atoms with E-state index in [0.29, 0.717) is 18.2 Å². The lowest BCUT2D eigenvalue weighted by Gasteiger charge is -2.36. The number of rotatable bonds is 5. The molecule has 0 radical (unpaired) electrons. The highest BCUT2D eigenvalue weighted by Gasteiger charge is 2.24. The van der Waals surface area contributed by atoms with Crippen molar-refractivity contribution in [2.24, 2.45) is 0 Å². The fourth-order valence-corrected chi connectivity index (χ4v) is 2.82. The molecule has 0 bridgehead atoms. The molecule has 1 saturated heterocycles. The molecule has 2 unspecified atom stereocenters. The molecule has 4 heteroatoms. The number of aliphatic hydroxyl groups excluding tert-OH is 2. The summed E-state index contributed by atoms with van der Waals surface area (Å²) in [6.45, 7) is 1.63. The van der Waals surface area contributed by atoms with Gasteiger partial charge < -0.3 is 10.2 Å². The van der Waals surface area contributed by atoms with Crippen LogP contribution in [0.3, 0.4) is 0 Å². The molecule has 0 saturated carbocycles. The molecule has 1 aliphatic heterocycles.